The molecule has 0 radical (unpaired) electrons. The van der Waals surface area contributed by atoms with E-state index in [-0.39, 0.29) is 18.6 Å². The number of hydrogen-bond donors (Lipinski definition) is 1. The minimum absolute atomic E-state index is 0.0290. The molecule has 1 N–H and O–H groups in total. The van der Waals surface area contributed by atoms with Crippen LogP contribution in [0, 0.1) is 0 Å². The number of benzene rings is 1. The van der Waals surface area contributed by atoms with Crippen molar-refractivity contribution in [1.82, 2.24) is 0 Å². The maximum Gasteiger partial charge on any atom is 0.332 e. The van der Waals surface area contributed by atoms with Gasteiger partial charge in [0.25, 0.3) is 5.91 Å². The van der Waals surface area contributed by atoms with Crippen molar-refractivity contribution in [3.8, 4) is 0 Å². The molecule has 0 aliphatic heterocycles. The first-order valence-electron chi connectivity index (χ1n) is 6.15. The van der Waals surface area contributed by atoms with Crippen molar-refractivity contribution in [2.45, 2.75) is 32.9 Å². The molecule has 5 heteroatoms. The Kier molecular flexibility index (Phi) is 5.51. The van der Waals surface area contributed by atoms with Crippen LogP contribution in [0.25, 0.3) is 0 Å². The van der Waals surface area contributed by atoms with Crippen LogP contribution < -0.4 is 4.90 Å². The molecule has 1 atom stereocenters. The van der Waals surface area contributed by atoms with Gasteiger partial charge < -0.3 is 14.7 Å². The van der Waals surface area contributed by atoms with E-state index in [0.717, 1.165) is 5.69 Å². The maximum atomic E-state index is 12.1. The molecule has 0 saturated heterocycles. The molecule has 1 unspecified atom stereocenters. The van der Waals surface area contributed by atoms with Crippen LogP contribution in [0.3, 0.4) is 0 Å². The first kappa shape index (κ1) is 15.2. The molecular weight excluding hydrogens is 246 g/mol. The molecule has 1 aromatic carbocycles. The highest BCUT2D eigenvalue weighted by atomic mass is 16.5. The number of carbonyl (C=O) groups is 2. The van der Waals surface area contributed by atoms with Gasteiger partial charge in [-0.2, -0.15) is 0 Å². The number of hydrogen-bond acceptors (Lipinski definition) is 3. The number of ether oxygens (including phenoxy) is 1. The largest absolute Gasteiger partial charge is 0.479 e. The van der Waals surface area contributed by atoms with Crippen LogP contribution in [0.15, 0.2) is 30.3 Å². The molecular formula is C14H19NO4. The summed E-state index contributed by atoms with van der Waals surface area (Å²) >= 11 is 0. The summed E-state index contributed by atoms with van der Waals surface area (Å²) in [4.78, 5) is 24.3. The number of amides is 1. The zero-order valence-corrected chi connectivity index (χ0v) is 11.4. The average Bonchev–Trinajstić information content (AvgIpc) is 2.36. The van der Waals surface area contributed by atoms with Gasteiger partial charge >= 0.3 is 5.97 Å². The van der Waals surface area contributed by atoms with E-state index in [1.165, 1.54) is 6.92 Å². The summed E-state index contributed by atoms with van der Waals surface area (Å²) in [5.41, 5.74) is 0.772. The maximum absolute atomic E-state index is 12.1. The fraction of sp³-hybridized carbons (Fsp3) is 0.429. The SMILES string of the molecule is CC(OCC(=O)N(c1ccccc1)C(C)C)C(=O)O. The number of nitrogens with zero attached hydrogens (tertiary/aromatic N) is 1. The lowest BCUT2D eigenvalue weighted by Crippen LogP contribution is -2.40. The second-order valence-corrected chi connectivity index (χ2v) is 4.48. The van der Waals surface area contributed by atoms with Crippen LogP contribution in [-0.4, -0.2) is 35.7 Å². The van der Waals surface area contributed by atoms with Crippen LogP contribution >= 0.6 is 0 Å². The lowest BCUT2D eigenvalue weighted by Gasteiger charge is -2.27. The highest BCUT2D eigenvalue weighted by molar-refractivity contribution is 5.94. The van der Waals surface area contributed by atoms with Crippen LogP contribution in [0.1, 0.15) is 20.8 Å². The molecule has 1 amide bonds. The summed E-state index contributed by atoms with van der Waals surface area (Å²) in [5.74, 6) is -1.34. The predicted molar refractivity (Wildman–Crippen MR) is 72.1 cm³/mol. The molecule has 104 valence electrons. The van der Waals surface area contributed by atoms with Crippen molar-refractivity contribution in [2.24, 2.45) is 0 Å². The van der Waals surface area contributed by atoms with Gasteiger partial charge in [-0.1, -0.05) is 18.2 Å². The van der Waals surface area contributed by atoms with E-state index in [0.29, 0.717) is 0 Å². The lowest BCUT2D eigenvalue weighted by molar-refractivity contribution is -0.150. The molecule has 1 aromatic rings. The summed E-state index contributed by atoms with van der Waals surface area (Å²) < 4.78 is 5.03. The number of para-hydroxylation sites is 1. The Labute approximate surface area is 112 Å². The van der Waals surface area contributed by atoms with Gasteiger partial charge in [0, 0.05) is 11.7 Å². The summed E-state index contributed by atoms with van der Waals surface area (Å²) in [5, 5.41) is 8.71. The first-order valence-corrected chi connectivity index (χ1v) is 6.15. The van der Waals surface area contributed by atoms with Crippen molar-refractivity contribution in [2.75, 3.05) is 11.5 Å². The Morgan fingerprint density at radius 1 is 1.21 bits per heavy atom. The number of aliphatic carboxylic acids is 1. The third-order valence-electron chi connectivity index (χ3n) is 2.62. The molecule has 0 aliphatic carbocycles. The van der Waals surface area contributed by atoms with Gasteiger partial charge in [0.1, 0.15) is 6.61 Å². The van der Waals surface area contributed by atoms with Gasteiger partial charge in [0.15, 0.2) is 6.10 Å². The number of carbonyl (C=O) groups excluding carboxylic acids is 1. The molecule has 0 bridgehead atoms. The van der Waals surface area contributed by atoms with Crippen molar-refractivity contribution < 1.29 is 19.4 Å². The average molecular weight is 265 g/mol. The molecule has 5 nitrogen and oxygen atoms in total. The van der Waals surface area contributed by atoms with E-state index >= 15 is 0 Å². The third kappa shape index (κ3) is 4.37. The van der Waals surface area contributed by atoms with Crippen molar-refractivity contribution in [3.05, 3.63) is 30.3 Å². The molecule has 0 spiro atoms. The zero-order chi connectivity index (χ0) is 14.4. The summed E-state index contributed by atoms with van der Waals surface area (Å²) in [7, 11) is 0. The second kappa shape index (κ2) is 6.89. The number of carboxylic acid groups (broad SMARTS) is 1. The first-order chi connectivity index (χ1) is 8.93. The Bertz CT molecular complexity index is 430. The van der Waals surface area contributed by atoms with Gasteiger partial charge in [-0.25, -0.2) is 4.79 Å². The monoisotopic (exact) mass is 265 g/mol. The summed E-state index contributed by atoms with van der Waals surface area (Å²) in [6.45, 7) is 4.94. The summed E-state index contributed by atoms with van der Waals surface area (Å²) in [6, 6.07) is 9.20. The number of rotatable bonds is 6. The standard InChI is InChI=1S/C14H19NO4/c1-10(2)15(12-7-5-4-6-8-12)13(16)9-19-11(3)14(17)18/h4-8,10-11H,9H2,1-3H3,(H,17,18). The molecule has 1 rings (SSSR count). The highest BCUT2D eigenvalue weighted by Gasteiger charge is 2.21. The number of carboxylic acids is 1. The molecule has 0 heterocycles. The van der Waals surface area contributed by atoms with Crippen molar-refractivity contribution in [1.29, 1.82) is 0 Å². The van der Waals surface area contributed by atoms with Crippen LogP contribution in [0.2, 0.25) is 0 Å². The highest BCUT2D eigenvalue weighted by Crippen LogP contribution is 2.16. The Morgan fingerprint density at radius 2 is 1.79 bits per heavy atom. The van der Waals surface area contributed by atoms with E-state index in [1.54, 1.807) is 4.90 Å². The van der Waals surface area contributed by atoms with Crippen LogP contribution in [0.4, 0.5) is 5.69 Å². The zero-order valence-electron chi connectivity index (χ0n) is 11.4. The van der Waals surface area contributed by atoms with E-state index in [9.17, 15) is 9.59 Å². The lowest BCUT2D eigenvalue weighted by atomic mass is 10.2. The van der Waals surface area contributed by atoms with Gasteiger partial charge in [0.2, 0.25) is 0 Å². The van der Waals surface area contributed by atoms with E-state index in [2.05, 4.69) is 0 Å². The molecule has 19 heavy (non-hydrogen) atoms. The quantitative estimate of drug-likeness (QED) is 0.853. The van der Waals surface area contributed by atoms with Gasteiger partial charge in [-0.05, 0) is 32.9 Å². The van der Waals surface area contributed by atoms with E-state index in [4.69, 9.17) is 9.84 Å². The predicted octanol–water partition coefficient (Wildman–Crippen LogP) is 1.92. The second-order valence-electron chi connectivity index (χ2n) is 4.48. The van der Waals surface area contributed by atoms with Crippen molar-refractivity contribution in [3.63, 3.8) is 0 Å². The topological polar surface area (TPSA) is 66.8 Å². The molecule has 0 aromatic heterocycles. The minimum atomic E-state index is -1.08. The molecule has 0 saturated carbocycles. The Hall–Kier alpha value is -1.88. The van der Waals surface area contributed by atoms with E-state index in [1.807, 2.05) is 44.2 Å². The van der Waals surface area contributed by atoms with Gasteiger partial charge in [0.05, 0.1) is 0 Å². The van der Waals surface area contributed by atoms with Gasteiger partial charge in [-0.15, -0.1) is 0 Å². The minimum Gasteiger partial charge on any atom is -0.479 e. The fourth-order valence-electron chi connectivity index (χ4n) is 1.66. The molecule has 0 aliphatic rings. The molecule has 0 fully saturated rings. The van der Waals surface area contributed by atoms with Crippen molar-refractivity contribution >= 4 is 17.6 Å². The smallest absolute Gasteiger partial charge is 0.332 e. The van der Waals surface area contributed by atoms with E-state index < -0.39 is 12.1 Å². The van der Waals surface area contributed by atoms with Crippen LogP contribution in [-0.2, 0) is 14.3 Å². The van der Waals surface area contributed by atoms with Gasteiger partial charge in [-0.3, -0.25) is 4.79 Å². The Balaban J connectivity index is 2.73. The third-order valence-corrected chi connectivity index (χ3v) is 2.62. The number of anilines is 1. The Morgan fingerprint density at radius 3 is 2.26 bits per heavy atom. The summed E-state index contributed by atoms with van der Waals surface area (Å²) in [6.07, 6.45) is -0.992. The normalized spacial score (nSPS) is 12.2. The fourth-order valence-corrected chi connectivity index (χ4v) is 1.66. The van der Waals surface area contributed by atoms with Crippen LogP contribution in [0.5, 0.6) is 0 Å².